The number of carbonyl (C=O) groups excluding carboxylic acids is 1. The van der Waals surface area contributed by atoms with Crippen LogP contribution in [0.25, 0.3) is 10.9 Å². The molecular formula is C23H19ClF3N7O2. The van der Waals surface area contributed by atoms with Gasteiger partial charge in [0.15, 0.2) is 5.84 Å². The fraction of sp³-hybridized carbons (Fsp3) is 0.0870. The standard InChI is InChI=1S/C23H19ClF3N7O2/c24-18-7-13(25)2-1-12(18)11-36-15-5-3-14(4-6-15)31-22(35)17-10-34(23(26)27)20-8-19(21(32-28)33-29)30-9-16(17)20/h1-10,23H,11,28-29H2,(H,31,35)(H,32,33). The van der Waals surface area contributed by atoms with Gasteiger partial charge in [0.2, 0.25) is 0 Å². The number of alkyl halides is 2. The maximum Gasteiger partial charge on any atom is 0.319 e. The van der Waals surface area contributed by atoms with Crippen molar-refractivity contribution in [3.8, 4) is 5.75 Å². The summed E-state index contributed by atoms with van der Waals surface area (Å²) in [7, 11) is 0. The number of hydrazone groups is 1. The highest BCUT2D eigenvalue weighted by Crippen LogP contribution is 2.28. The maximum absolute atomic E-state index is 13.7. The summed E-state index contributed by atoms with van der Waals surface area (Å²) < 4.78 is 46.8. The van der Waals surface area contributed by atoms with Gasteiger partial charge in [-0.15, -0.1) is 0 Å². The Kier molecular flexibility index (Phi) is 7.27. The Morgan fingerprint density at radius 1 is 1.19 bits per heavy atom. The van der Waals surface area contributed by atoms with Gasteiger partial charge in [-0.25, -0.2) is 10.2 Å². The van der Waals surface area contributed by atoms with E-state index in [0.717, 1.165) is 6.20 Å². The first-order valence-corrected chi connectivity index (χ1v) is 10.7. The Morgan fingerprint density at radius 3 is 2.58 bits per heavy atom. The third-order valence-corrected chi connectivity index (χ3v) is 5.56. The van der Waals surface area contributed by atoms with Gasteiger partial charge in [0.1, 0.15) is 23.9 Å². The van der Waals surface area contributed by atoms with Crippen molar-refractivity contribution in [2.45, 2.75) is 13.2 Å². The molecule has 2 aromatic carbocycles. The third-order valence-electron chi connectivity index (χ3n) is 5.20. The third kappa shape index (κ3) is 5.19. The van der Waals surface area contributed by atoms with Gasteiger partial charge in [0.25, 0.3) is 5.91 Å². The van der Waals surface area contributed by atoms with Gasteiger partial charge in [0.05, 0.1) is 16.1 Å². The van der Waals surface area contributed by atoms with E-state index in [1.54, 1.807) is 24.3 Å². The number of fused-ring (bicyclic) bond motifs is 1. The van der Waals surface area contributed by atoms with Crippen molar-refractivity contribution in [1.29, 1.82) is 0 Å². The molecule has 0 radical (unpaired) electrons. The number of nitrogens with zero attached hydrogens (tertiary/aromatic N) is 3. The van der Waals surface area contributed by atoms with Crippen molar-refractivity contribution in [3.05, 3.63) is 88.6 Å². The fourth-order valence-electron chi connectivity index (χ4n) is 3.43. The predicted octanol–water partition coefficient (Wildman–Crippen LogP) is 4.14. The first-order valence-electron chi connectivity index (χ1n) is 10.3. The first-order chi connectivity index (χ1) is 17.3. The summed E-state index contributed by atoms with van der Waals surface area (Å²) in [5.74, 6) is 9.94. The van der Waals surface area contributed by atoms with E-state index in [2.05, 4.69) is 20.8 Å². The number of pyridine rings is 1. The largest absolute Gasteiger partial charge is 0.489 e. The van der Waals surface area contributed by atoms with Crippen LogP contribution >= 0.6 is 11.6 Å². The molecule has 2 heterocycles. The molecule has 6 N–H and O–H groups in total. The summed E-state index contributed by atoms with van der Waals surface area (Å²) in [5, 5.41) is 6.51. The minimum atomic E-state index is -2.92. The van der Waals surface area contributed by atoms with E-state index in [9.17, 15) is 18.0 Å². The SMILES string of the molecule is N/N=C(\NN)c1cc2c(cn1)c(C(=O)Nc1ccc(OCc3ccc(F)cc3Cl)cc1)cn2C(F)F. The van der Waals surface area contributed by atoms with E-state index < -0.39 is 18.3 Å². The number of hydrogen-bond donors (Lipinski definition) is 4. The number of benzene rings is 2. The molecule has 0 aliphatic carbocycles. The lowest BCUT2D eigenvalue weighted by molar-refractivity contribution is 0.0750. The molecule has 13 heteroatoms. The number of amidine groups is 1. The second-order valence-electron chi connectivity index (χ2n) is 7.44. The molecule has 0 fully saturated rings. The molecule has 0 bridgehead atoms. The average Bonchev–Trinajstić information content (AvgIpc) is 3.25. The number of hydrogen-bond acceptors (Lipinski definition) is 6. The number of ether oxygens (including phenoxy) is 1. The zero-order chi connectivity index (χ0) is 25.8. The van der Waals surface area contributed by atoms with Crippen LogP contribution in [0, 0.1) is 5.82 Å². The quantitative estimate of drug-likeness (QED) is 0.126. The van der Waals surface area contributed by atoms with Crippen molar-refractivity contribution in [2.24, 2.45) is 16.8 Å². The van der Waals surface area contributed by atoms with Gasteiger partial charge in [-0.3, -0.25) is 14.3 Å². The number of anilines is 1. The first kappa shape index (κ1) is 24.8. The molecule has 0 atom stereocenters. The molecule has 0 unspecified atom stereocenters. The zero-order valence-electron chi connectivity index (χ0n) is 18.4. The number of amides is 1. The van der Waals surface area contributed by atoms with Crippen LogP contribution in [-0.2, 0) is 6.61 Å². The Morgan fingerprint density at radius 2 is 1.94 bits per heavy atom. The van der Waals surface area contributed by atoms with Gasteiger partial charge in [0, 0.05) is 29.0 Å². The lowest BCUT2D eigenvalue weighted by Gasteiger charge is -2.09. The predicted molar refractivity (Wildman–Crippen MR) is 129 cm³/mol. The normalized spacial score (nSPS) is 11.7. The maximum atomic E-state index is 13.7. The Bertz CT molecular complexity index is 1440. The fourth-order valence-corrected chi connectivity index (χ4v) is 3.65. The Labute approximate surface area is 207 Å². The lowest BCUT2D eigenvalue weighted by atomic mass is 10.2. The monoisotopic (exact) mass is 517 g/mol. The van der Waals surface area contributed by atoms with Crippen LogP contribution in [-0.4, -0.2) is 21.3 Å². The highest BCUT2D eigenvalue weighted by atomic mass is 35.5. The van der Waals surface area contributed by atoms with E-state index >= 15 is 0 Å². The molecule has 9 nitrogen and oxygen atoms in total. The van der Waals surface area contributed by atoms with Crippen molar-refractivity contribution >= 4 is 39.9 Å². The summed E-state index contributed by atoms with van der Waals surface area (Å²) in [5.41, 5.74) is 3.39. The molecule has 0 aliphatic heterocycles. The molecular weight excluding hydrogens is 499 g/mol. The molecule has 0 aliphatic rings. The number of rotatable bonds is 7. The number of carbonyl (C=O) groups is 1. The zero-order valence-corrected chi connectivity index (χ0v) is 19.1. The highest BCUT2D eigenvalue weighted by Gasteiger charge is 2.21. The highest BCUT2D eigenvalue weighted by molar-refractivity contribution is 6.31. The summed E-state index contributed by atoms with van der Waals surface area (Å²) in [6.07, 6.45) is 2.30. The number of nitrogens with two attached hydrogens (primary N) is 2. The van der Waals surface area contributed by atoms with Crippen molar-refractivity contribution < 1.29 is 22.7 Å². The molecule has 186 valence electrons. The number of nitrogens with one attached hydrogen (secondary N) is 2. The average molecular weight is 518 g/mol. The van der Waals surface area contributed by atoms with E-state index in [4.69, 9.17) is 28.0 Å². The summed E-state index contributed by atoms with van der Waals surface area (Å²) in [6.45, 7) is -2.80. The van der Waals surface area contributed by atoms with E-state index in [-0.39, 0.29) is 39.6 Å². The molecule has 4 aromatic rings. The van der Waals surface area contributed by atoms with Gasteiger partial charge in [-0.05, 0) is 42.5 Å². The molecule has 2 aromatic heterocycles. The van der Waals surface area contributed by atoms with Crippen molar-refractivity contribution in [1.82, 2.24) is 15.0 Å². The van der Waals surface area contributed by atoms with Gasteiger partial charge in [-0.2, -0.15) is 13.9 Å². The molecule has 0 spiro atoms. The van der Waals surface area contributed by atoms with Crippen molar-refractivity contribution in [2.75, 3.05) is 5.32 Å². The van der Waals surface area contributed by atoms with Crippen LogP contribution in [0.1, 0.15) is 28.2 Å². The second-order valence-corrected chi connectivity index (χ2v) is 7.85. The summed E-state index contributed by atoms with van der Waals surface area (Å²) in [6, 6.07) is 11.7. The van der Waals surface area contributed by atoms with Crippen LogP contribution in [0.4, 0.5) is 18.9 Å². The van der Waals surface area contributed by atoms with Crippen LogP contribution in [0.2, 0.25) is 5.02 Å². The van der Waals surface area contributed by atoms with Crippen LogP contribution in [0.15, 0.2) is 66.0 Å². The van der Waals surface area contributed by atoms with E-state index in [1.165, 1.54) is 30.5 Å². The van der Waals surface area contributed by atoms with Gasteiger partial charge >= 0.3 is 6.55 Å². The van der Waals surface area contributed by atoms with Crippen LogP contribution in [0.3, 0.4) is 0 Å². The molecule has 36 heavy (non-hydrogen) atoms. The minimum absolute atomic E-state index is 0.0115. The van der Waals surface area contributed by atoms with Crippen LogP contribution < -0.4 is 27.2 Å². The smallest absolute Gasteiger partial charge is 0.319 e. The number of halogens is 4. The van der Waals surface area contributed by atoms with E-state index in [0.29, 0.717) is 21.6 Å². The minimum Gasteiger partial charge on any atom is -0.489 e. The molecule has 4 rings (SSSR count). The molecule has 0 saturated carbocycles. The Balaban J connectivity index is 1.51. The molecule has 1 amide bonds. The number of hydrazine groups is 1. The Hall–Kier alpha value is -4.29. The van der Waals surface area contributed by atoms with Crippen molar-refractivity contribution in [3.63, 3.8) is 0 Å². The topological polar surface area (TPSA) is 133 Å². The molecule has 0 saturated heterocycles. The summed E-state index contributed by atoms with van der Waals surface area (Å²) in [4.78, 5) is 17.0. The summed E-state index contributed by atoms with van der Waals surface area (Å²) >= 11 is 6.00. The van der Waals surface area contributed by atoms with Gasteiger partial charge < -0.3 is 21.3 Å². The van der Waals surface area contributed by atoms with Crippen LogP contribution in [0.5, 0.6) is 5.75 Å². The second kappa shape index (κ2) is 10.5. The van der Waals surface area contributed by atoms with E-state index in [1.807, 2.05) is 0 Å². The number of aromatic nitrogens is 2. The van der Waals surface area contributed by atoms with Gasteiger partial charge in [-0.1, -0.05) is 17.7 Å². The lowest BCUT2D eigenvalue weighted by Crippen LogP contribution is -2.32.